The van der Waals surface area contributed by atoms with Gasteiger partial charge in [0.05, 0.1) is 12.2 Å². The molecule has 2 aromatic rings. The van der Waals surface area contributed by atoms with Crippen LogP contribution in [0, 0.1) is 6.92 Å². The Morgan fingerprint density at radius 1 is 1.08 bits per heavy atom. The molecule has 0 saturated carbocycles. The number of hydrogen-bond donors (Lipinski definition) is 1. The zero-order chi connectivity index (χ0) is 18.1. The Morgan fingerprint density at radius 2 is 1.80 bits per heavy atom. The van der Waals surface area contributed by atoms with Crippen LogP contribution in [-0.4, -0.2) is 31.3 Å². The van der Waals surface area contributed by atoms with E-state index in [-0.39, 0.29) is 6.61 Å². The number of aliphatic carboxylic acids is 1. The molecule has 0 heterocycles. The number of rotatable bonds is 8. The first-order valence-corrected chi connectivity index (χ1v) is 7.47. The molecule has 0 aromatic heterocycles. The van der Waals surface area contributed by atoms with E-state index in [4.69, 9.17) is 9.47 Å². The van der Waals surface area contributed by atoms with E-state index >= 15 is 0 Å². The molecule has 1 N–H and O–H groups in total. The van der Waals surface area contributed by atoms with Gasteiger partial charge in [0.1, 0.15) is 18.1 Å². The number of nitrogens with one attached hydrogen (secondary N) is 1. The predicted molar refractivity (Wildman–Crippen MR) is 89.4 cm³/mol. The van der Waals surface area contributed by atoms with Crippen molar-refractivity contribution in [3.05, 3.63) is 59.7 Å². The van der Waals surface area contributed by atoms with Crippen molar-refractivity contribution >= 4 is 18.1 Å². The average molecular weight is 341 g/mol. The monoisotopic (exact) mass is 341 g/mol. The van der Waals surface area contributed by atoms with Gasteiger partial charge in [0.15, 0.2) is 6.61 Å². The fourth-order valence-corrected chi connectivity index (χ4v) is 1.84. The van der Waals surface area contributed by atoms with Crippen molar-refractivity contribution in [2.75, 3.05) is 13.2 Å². The highest BCUT2D eigenvalue weighted by molar-refractivity contribution is 5.85. The van der Waals surface area contributed by atoms with Gasteiger partial charge in [-0.1, -0.05) is 29.8 Å². The van der Waals surface area contributed by atoms with Gasteiger partial charge >= 0.3 is 0 Å². The summed E-state index contributed by atoms with van der Waals surface area (Å²) < 4.78 is 10.4. The lowest BCUT2D eigenvalue weighted by Crippen LogP contribution is -2.29. The number of benzene rings is 2. The molecule has 7 nitrogen and oxygen atoms in total. The number of amides is 1. The summed E-state index contributed by atoms with van der Waals surface area (Å²) in [6, 6.07) is 14.0. The minimum absolute atomic E-state index is 0.177. The van der Waals surface area contributed by atoms with E-state index in [1.807, 2.05) is 19.1 Å². The van der Waals surface area contributed by atoms with Crippen LogP contribution in [0.25, 0.3) is 0 Å². The summed E-state index contributed by atoms with van der Waals surface area (Å²) in [5.41, 5.74) is 3.94. The summed E-state index contributed by atoms with van der Waals surface area (Å²) in [5, 5.41) is 14.3. The van der Waals surface area contributed by atoms with Gasteiger partial charge in [0, 0.05) is 5.56 Å². The molecule has 1 amide bonds. The second kappa shape index (κ2) is 9.07. The van der Waals surface area contributed by atoms with Crippen LogP contribution in [0.5, 0.6) is 11.5 Å². The Hall–Kier alpha value is -3.35. The summed E-state index contributed by atoms with van der Waals surface area (Å²) in [5.74, 6) is -0.843. The Kier molecular flexibility index (Phi) is 6.53. The number of hydrazone groups is 1. The highest BCUT2D eigenvalue weighted by Gasteiger charge is 2.03. The maximum atomic E-state index is 11.7. The number of carboxylic acid groups (broad SMARTS) is 1. The predicted octanol–water partition coefficient (Wildman–Crippen LogP) is 0.653. The van der Waals surface area contributed by atoms with Crippen LogP contribution in [0.1, 0.15) is 11.1 Å². The minimum atomic E-state index is -1.33. The van der Waals surface area contributed by atoms with E-state index in [1.165, 1.54) is 6.21 Å². The fourth-order valence-electron chi connectivity index (χ4n) is 1.84. The molecule has 0 aliphatic carbocycles. The molecule has 2 aromatic carbocycles. The number of hydrogen-bond acceptors (Lipinski definition) is 6. The number of carbonyl (C=O) groups is 2. The first-order valence-electron chi connectivity index (χ1n) is 7.47. The summed E-state index contributed by atoms with van der Waals surface area (Å²) >= 11 is 0. The number of ether oxygens (including phenoxy) is 2. The molecule has 0 aliphatic rings. The molecule has 7 heteroatoms. The number of nitrogens with zero attached hydrogens (tertiary/aromatic N) is 1. The summed E-state index contributed by atoms with van der Waals surface area (Å²) in [4.78, 5) is 22.2. The zero-order valence-electron chi connectivity index (χ0n) is 13.6. The quantitative estimate of drug-likeness (QED) is 0.561. The van der Waals surface area contributed by atoms with Crippen LogP contribution >= 0.6 is 0 Å². The van der Waals surface area contributed by atoms with E-state index in [0.717, 1.165) is 5.56 Å². The van der Waals surface area contributed by atoms with Crippen LogP contribution in [0.2, 0.25) is 0 Å². The SMILES string of the molecule is Cc1ccc(OCC(=O)N/N=C/c2ccccc2OCC(=O)[O-])cc1. The van der Waals surface area contributed by atoms with E-state index in [0.29, 0.717) is 17.1 Å². The lowest BCUT2D eigenvalue weighted by atomic mass is 10.2. The first-order chi connectivity index (χ1) is 12.0. The van der Waals surface area contributed by atoms with Crippen molar-refractivity contribution in [3.8, 4) is 11.5 Å². The fraction of sp³-hybridized carbons (Fsp3) is 0.167. The molecule has 2 rings (SSSR count). The molecule has 0 unspecified atom stereocenters. The van der Waals surface area contributed by atoms with Gasteiger partial charge in [0.2, 0.25) is 0 Å². The van der Waals surface area contributed by atoms with Gasteiger partial charge in [-0.2, -0.15) is 5.10 Å². The van der Waals surface area contributed by atoms with Gasteiger partial charge in [-0.15, -0.1) is 0 Å². The topological polar surface area (TPSA) is 100 Å². The standard InChI is InChI=1S/C18H18N2O5/c1-13-6-8-15(9-7-13)24-11-17(21)20-19-10-14-4-2-3-5-16(14)25-12-18(22)23/h2-10H,11-12H2,1H3,(H,20,21)(H,22,23)/p-1/b19-10+. The first kappa shape index (κ1) is 18.0. The summed E-state index contributed by atoms with van der Waals surface area (Å²) in [6.07, 6.45) is 1.36. The molecule has 130 valence electrons. The van der Waals surface area contributed by atoms with Crippen LogP contribution < -0.4 is 20.0 Å². The average Bonchev–Trinajstić information content (AvgIpc) is 2.60. The maximum Gasteiger partial charge on any atom is 0.277 e. The molecular weight excluding hydrogens is 324 g/mol. The van der Waals surface area contributed by atoms with Crippen molar-refractivity contribution < 1.29 is 24.2 Å². The van der Waals surface area contributed by atoms with Crippen molar-refractivity contribution in [2.24, 2.45) is 5.10 Å². The van der Waals surface area contributed by atoms with Gasteiger partial charge in [-0.3, -0.25) is 4.79 Å². The Morgan fingerprint density at radius 3 is 2.52 bits per heavy atom. The third-order valence-electron chi connectivity index (χ3n) is 3.05. The smallest absolute Gasteiger partial charge is 0.277 e. The molecule has 0 atom stereocenters. The second-order valence-electron chi connectivity index (χ2n) is 5.09. The third kappa shape index (κ3) is 6.34. The molecule has 0 spiro atoms. The minimum Gasteiger partial charge on any atom is -0.546 e. The van der Waals surface area contributed by atoms with Crippen molar-refractivity contribution in [1.29, 1.82) is 0 Å². The highest BCUT2D eigenvalue weighted by Crippen LogP contribution is 2.15. The Bertz CT molecular complexity index is 756. The molecule has 0 radical (unpaired) electrons. The second-order valence-corrected chi connectivity index (χ2v) is 5.09. The van der Waals surface area contributed by atoms with E-state index in [2.05, 4.69) is 10.5 Å². The lowest BCUT2D eigenvalue weighted by Gasteiger charge is -2.09. The summed E-state index contributed by atoms with van der Waals surface area (Å²) in [7, 11) is 0. The van der Waals surface area contributed by atoms with Gasteiger partial charge < -0.3 is 19.4 Å². The van der Waals surface area contributed by atoms with Crippen molar-refractivity contribution in [1.82, 2.24) is 5.43 Å². The van der Waals surface area contributed by atoms with Gasteiger partial charge in [-0.05, 0) is 31.2 Å². The van der Waals surface area contributed by atoms with Gasteiger partial charge in [-0.25, -0.2) is 5.43 Å². The van der Waals surface area contributed by atoms with E-state index in [9.17, 15) is 14.7 Å². The molecular formula is C18H17N2O5-. The number of carbonyl (C=O) groups excluding carboxylic acids is 2. The van der Waals surface area contributed by atoms with E-state index in [1.54, 1.807) is 36.4 Å². The molecule has 0 saturated heterocycles. The number of aryl methyl sites for hydroxylation is 1. The number of carboxylic acids is 1. The zero-order valence-corrected chi connectivity index (χ0v) is 13.6. The van der Waals surface area contributed by atoms with Crippen LogP contribution in [-0.2, 0) is 9.59 Å². The molecule has 0 bridgehead atoms. The van der Waals surface area contributed by atoms with Crippen LogP contribution in [0.15, 0.2) is 53.6 Å². The maximum absolute atomic E-state index is 11.7. The molecule has 25 heavy (non-hydrogen) atoms. The third-order valence-corrected chi connectivity index (χ3v) is 3.05. The highest BCUT2D eigenvalue weighted by atomic mass is 16.5. The Balaban J connectivity index is 1.84. The van der Waals surface area contributed by atoms with E-state index < -0.39 is 18.5 Å². The van der Waals surface area contributed by atoms with Gasteiger partial charge in [0.25, 0.3) is 5.91 Å². The Labute approximate surface area is 144 Å². The van der Waals surface area contributed by atoms with Crippen LogP contribution in [0.4, 0.5) is 0 Å². The van der Waals surface area contributed by atoms with Crippen LogP contribution in [0.3, 0.4) is 0 Å². The lowest BCUT2D eigenvalue weighted by molar-refractivity contribution is -0.307. The van der Waals surface area contributed by atoms with Crippen molar-refractivity contribution in [2.45, 2.75) is 6.92 Å². The largest absolute Gasteiger partial charge is 0.546 e. The molecule has 0 fully saturated rings. The summed E-state index contributed by atoms with van der Waals surface area (Å²) in [6.45, 7) is 1.21. The normalized spacial score (nSPS) is 10.4. The molecule has 0 aliphatic heterocycles. The number of para-hydroxylation sites is 1. The van der Waals surface area contributed by atoms with Crippen molar-refractivity contribution in [3.63, 3.8) is 0 Å².